The van der Waals surface area contributed by atoms with Gasteiger partial charge >= 0.3 is 5.97 Å². The van der Waals surface area contributed by atoms with Crippen LogP contribution in [-0.4, -0.2) is 38.4 Å². The molecule has 0 spiro atoms. The minimum atomic E-state index is -3.05. The normalized spacial score (nSPS) is 19.6. The first kappa shape index (κ1) is 16.4. The van der Waals surface area contributed by atoms with Crippen LogP contribution in [0.1, 0.15) is 12.8 Å². The average Bonchev–Trinajstić information content (AvgIpc) is 2.78. The minimum Gasteiger partial charge on any atom is -0.456 e. The van der Waals surface area contributed by atoms with Crippen molar-refractivity contribution < 1.29 is 27.1 Å². The standard InChI is InChI=1S/C14H16FNO5S/c15-11-3-1-2-4-12(11)16-13(17)8-21-14(18)7-10-5-6-22(19,20)9-10/h1-4,10H,5-9H2,(H,16,17)/t10-/m0/s1. The highest BCUT2D eigenvalue weighted by Gasteiger charge is 2.29. The number of ether oxygens (including phenoxy) is 1. The molecule has 0 radical (unpaired) electrons. The zero-order chi connectivity index (χ0) is 16.2. The van der Waals surface area contributed by atoms with E-state index in [-0.39, 0.29) is 29.5 Å². The van der Waals surface area contributed by atoms with E-state index < -0.39 is 34.1 Å². The molecule has 2 rings (SSSR count). The number of para-hydroxylation sites is 1. The Labute approximate surface area is 127 Å². The lowest BCUT2D eigenvalue weighted by atomic mass is 10.1. The van der Waals surface area contributed by atoms with Gasteiger partial charge in [0, 0.05) is 6.42 Å². The quantitative estimate of drug-likeness (QED) is 0.818. The number of nitrogens with one attached hydrogen (secondary N) is 1. The Hall–Kier alpha value is -1.96. The van der Waals surface area contributed by atoms with Gasteiger partial charge < -0.3 is 10.1 Å². The number of carbonyl (C=O) groups is 2. The summed E-state index contributed by atoms with van der Waals surface area (Å²) in [4.78, 5) is 23.1. The van der Waals surface area contributed by atoms with Crippen molar-refractivity contribution in [3.63, 3.8) is 0 Å². The number of rotatable bonds is 5. The topological polar surface area (TPSA) is 89.5 Å². The van der Waals surface area contributed by atoms with Crippen molar-refractivity contribution in [2.75, 3.05) is 23.4 Å². The molecule has 0 aliphatic carbocycles. The van der Waals surface area contributed by atoms with Crippen LogP contribution in [0.2, 0.25) is 0 Å². The maximum Gasteiger partial charge on any atom is 0.306 e. The molecule has 0 saturated carbocycles. The minimum absolute atomic E-state index is 0.00503. The Bertz CT molecular complexity index is 674. The first-order valence-corrected chi connectivity index (χ1v) is 8.58. The fourth-order valence-electron chi connectivity index (χ4n) is 2.22. The molecule has 6 nitrogen and oxygen atoms in total. The van der Waals surface area contributed by atoms with Crippen molar-refractivity contribution in [2.24, 2.45) is 5.92 Å². The van der Waals surface area contributed by atoms with Gasteiger partial charge in [-0.25, -0.2) is 12.8 Å². The van der Waals surface area contributed by atoms with E-state index in [9.17, 15) is 22.4 Å². The van der Waals surface area contributed by atoms with Crippen LogP contribution in [0.5, 0.6) is 0 Å². The molecule has 1 aromatic rings. The van der Waals surface area contributed by atoms with Crippen molar-refractivity contribution in [2.45, 2.75) is 12.8 Å². The highest BCUT2D eigenvalue weighted by atomic mass is 32.2. The molecular formula is C14H16FNO5S. The molecule has 8 heteroatoms. The zero-order valence-electron chi connectivity index (χ0n) is 11.7. The van der Waals surface area contributed by atoms with Gasteiger partial charge in [-0.2, -0.15) is 0 Å². The van der Waals surface area contributed by atoms with Crippen LogP contribution >= 0.6 is 0 Å². The molecule has 1 aromatic carbocycles. The monoisotopic (exact) mass is 329 g/mol. The van der Waals surface area contributed by atoms with E-state index in [4.69, 9.17) is 4.74 Å². The number of amides is 1. The summed E-state index contributed by atoms with van der Waals surface area (Å²) in [5.41, 5.74) is 0.00503. The van der Waals surface area contributed by atoms with E-state index in [0.29, 0.717) is 6.42 Å². The second kappa shape index (κ2) is 6.87. The van der Waals surface area contributed by atoms with Crippen LogP contribution < -0.4 is 5.32 Å². The zero-order valence-corrected chi connectivity index (χ0v) is 12.6. The lowest BCUT2D eigenvalue weighted by molar-refractivity contribution is -0.148. The van der Waals surface area contributed by atoms with Crippen molar-refractivity contribution in [1.29, 1.82) is 0 Å². The fourth-order valence-corrected chi connectivity index (χ4v) is 4.08. The van der Waals surface area contributed by atoms with Gasteiger partial charge in [-0.15, -0.1) is 0 Å². The smallest absolute Gasteiger partial charge is 0.306 e. The molecular weight excluding hydrogens is 313 g/mol. The van der Waals surface area contributed by atoms with Gasteiger partial charge in [0.1, 0.15) is 5.82 Å². The Kier molecular flexibility index (Phi) is 5.12. The van der Waals surface area contributed by atoms with E-state index in [1.807, 2.05) is 0 Å². The third-order valence-corrected chi connectivity index (χ3v) is 5.13. The largest absolute Gasteiger partial charge is 0.456 e. The SMILES string of the molecule is O=C(COC(=O)C[C@@H]1CCS(=O)(=O)C1)Nc1ccccc1F. The second-order valence-corrected chi connectivity index (χ2v) is 7.39. The van der Waals surface area contributed by atoms with Crippen LogP contribution in [0, 0.1) is 11.7 Å². The molecule has 0 unspecified atom stereocenters. The first-order chi connectivity index (χ1) is 10.4. The van der Waals surface area contributed by atoms with Gasteiger partial charge in [-0.1, -0.05) is 12.1 Å². The van der Waals surface area contributed by atoms with Crippen molar-refractivity contribution >= 4 is 27.4 Å². The van der Waals surface area contributed by atoms with Crippen LogP contribution in [0.3, 0.4) is 0 Å². The number of sulfone groups is 1. The number of hydrogen-bond donors (Lipinski definition) is 1. The molecule has 1 amide bonds. The van der Waals surface area contributed by atoms with E-state index in [1.54, 1.807) is 6.07 Å². The van der Waals surface area contributed by atoms with Gasteiger partial charge in [-0.05, 0) is 24.5 Å². The molecule has 1 N–H and O–H groups in total. The van der Waals surface area contributed by atoms with Gasteiger partial charge in [0.2, 0.25) is 0 Å². The van der Waals surface area contributed by atoms with Gasteiger partial charge in [0.25, 0.3) is 5.91 Å². The first-order valence-electron chi connectivity index (χ1n) is 6.76. The third-order valence-electron chi connectivity index (χ3n) is 3.29. The Morgan fingerprint density at radius 2 is 2.05 bits per heavy atom. The maximum atomic E-state index is 13.3. The highest BCUT2D eigenvalue weighted by Crippen LogP contribution is 2.21. The van der Waals surface area contributed by atoms with Gasteiger partial charge in [0.15, 0.2) is 16.4 Å². The molecule has 22 heavy (non-hydrogen) atoms. The summed E-state index contributed by atoms with van der Waals surface area (Å²) in [6.07, 6.45) is 0.394. The maximum absolute atomic E-state index is 13.3. The van der Waals surface area contributed by atoms with Crippen LogP contribution in [0.4, 0.5) is 10.1 Å². The number of carbonyl (C=O) groups excluding carboxylic acids is 2. The molecule has 120 valence electrons. The summed E-state index contributed by atoms with van der Waals surface area (Å²) >= 11 is 0. The second-order valence-electron chi connectivity index (χ2n) is 5.16. The predicted molar refractivity (Wildman–Crippen MR) is 77.4 cm³/mol. The Morgan fingerprint density at radius 3 is 2.68 bits per heavy atom. The van der Waals surface area contributed by atoms with Crippen molar-refractivity contribution in [1.82, 2.24) is 0 Å². The highest BCUT2D eigenvalue weighted by molar-refractivity contribution is 7.91. The number of esters is 1. The van der Waals surface area contributed by atoms with Crippen molar-refractivity contribution in [3.05, 3.63) is 30.1 Å². The predicted octanol–water partition coefficient (Wildman–Crippen LogP) is 1.13. The van der Waals surface area contributed by atoms with Gasteiger partial charge in [0.05, 0.1) is 17.2 Å². The van der Waals surface area contributed by atoms with Crippen LogP contribution in [-0.2, 0) is 24.2 Å². The number of anilines is 1. The molecule has 1 aliphatic heterocycles. The van der Waals surface area contributed by atoms with Crippen molar-refractivity contribution in [3.8, 4) is 0 Å². The number of halogens is 1. The Balaban J connectivity index is 1.74. The molecule has 1 aliphatic rings. The summed E-state index contributed by atoms with van der Waals surface area (Å²) in [5, 5.41) is 2.29. The molecule has 1 fully saturated rings. The summed E-state index contributed by atoms with van der Waals surface area (Å²) < 4.78 is 40.6. The van der Waals surface area contributed by atoms with Crippen LogP contribution in [0.25, 0.3) is 0 Å². The molecule has 0 bridgehead atoms. The third kappa shape index (κ3) is 4.80. The lowest BCUT2D eigenvalue weighted by Crippen LogP contribution is -2.22. The van der Waals surface area contributed by atoms with E-state index in [2.05, 4.69) is 5.32 Å². The molecule has 1 saturated heterocycles. The summed E-state index contributed by atoms with van der Waals surface area (Å²) in [5.74, 6) is -2.07. The summed E-state index contributed by atoms with van der Waals surface area (Å²) in [6, 6.07) is 5.63. The summed E-state index contributed by atoms with van der Waals surface area (Å²) in [6.45, 7) is -0.535. The molecule has 0 aromatic heterocycles. The molecule has 1 atom stereocenters. The van der Waals surface area contributed by atoms with E-state index >= 15 is 0 Å². The lowest BCUT2D eigenvalue weighted by Gasteiger charge is -2.09. The Morgan fingerprint density at radius 1 is 1.32 bits per heavy atom. The van der Waals surface area contributed by atoms with Crippen LogP contribution in [0.15, 0.2) is 24.3 Å². The fraction of sp³-hybridized carbons (Fsp3) is 0.429. The van der Waals surface area contributed by atoms with E-state index in [1.165, 1.54) is 18.2 Å². The number of benzene rings is 1. The number of hydrogen-bond acceptors (Lipinski definition) is 5. The molecule has 1 heterocycles. The van der Waals surface area contributed by atoms with Gasteiger partial charge in [-0.3, -0.25) is 9.59 Å². The average molecular weight is 329 g/mol. The van der Waals surface area contributed by atoms with E-state index in [0.717, 1.165) is 0 Å². The summed E-state index contributed by atoms with van der Waals surface area (Å²) in [7, 11) is -3.05.